The SMILES string of the molecule is CN(CCCc1cnn(C)c1)C(=O)c1cc(-c2cccn2C)n[nH]1. The number of hydrogen-bond donors (Lipinski definition) is 1. The molecule has 1 amide bonds. The Morgan fingerprint density at radius 2 is 2.21 bits per heavy atom. The molecule has 3 aromatic rings. The molecule has 3 heterocycles. The Hall–Kier alpha value is -2.83. The van der Waals surface area contributed by atoms with Crippen molar-refractivity contribution in [1.82, 2.24) is 29.4 Å². The van der Waals surface area contributed by atoms with E-state index in [4.69, 9.17) is 0 Å². The van der Waals surface area contributed by atoms with Crippen molar-refractivity contribution in [1.29, 1.82) is 0 Å². The Morgan fingerprint density at radius 3 is 2.88 bits per heavy atom. The van der Waals surface area contributed by atoms with Gasteiger partial charge in [-0.25, -0.2) is 0 Å². The largest absolute Gasteiger partial charge is 0.349 e. The number of nitrogens with one attached hydrogen (secondary N) is 1. The molecule has 0 fully saturated rings. The fourth-order valence-corrected chi connectivity index (χ4v) is 2.72. The van der Waals surface area contributed by atoms with E-state index in [9.17, 15) is 4.79 Å². The van der Waals surface area contributed by atoms with Crippen LogP contribution in [0.1, 0.15) is 22.5 Å². The van der Waals surface area contributed by atoms with Crippen molar-refractivity contribution in [3.63, 3.8) is 0 Å². The summed E-state index contributed by atoms with van der Waals surface area (Å²) in [7, 11) is 5.67. The Bertz CT molecular complexity index is 828. The zero-order valence-corrected chi connectivity index (χ0v) is 14.2. The zero-order valence-electron chi connectivity index (χ0n) is 14.2. The summed E-state index contributed by atoms with van der Waals surface area (Å²) >= 11 is 0. The van der Waals surface area contributed by atoms with E-state index in [1.165, 1.54) is 5.56 Å². The molecule has 0 bridgehead atoms. The molecule has 126 valence electrons. The molecule has 0 aliphatic rings. The van der Waals surface area contributed by atoms with Crippen molar-refractivity contribution in [2.75, 3.05) is 13.6 Å². The lowest BCUT2D eigenvalue weighted by Gasteiger charge is -2.15. The van der Waals surface area contributed by atoms with E-state index >= 15 is 0 Å². The molecule has 7 nitrogen and oxygen atoms in total. The molecule has 0 aliphatic carbocycles. The molecule has 0 aliphatic heterocycles. The van der Waals surface area contributed by atoms with Crippen LogP contribution in [0.2, 0.25) is 0 Å². The van der Waals surface area contributed by atoms with Gasteiger partial charge in [0.1, 0.15) is 11.4 Å². The van der Waals surface area contributed by atoms with Gasteiger partial charge in [-0.3, -0.25) is 14.6 Å². The summed E-state index contributed by atoms with van der Waals surface area (Å²) in [5, 5.41) is 11.2. The number of nitrogens with zero attached hydrogens (tertiary/aromatic N) is 5. The lowest BCUT2D eigenvalue weighted by atomic mass is 10.2. The maximum absolute atomic E-state index is 12.5. The summed E-state index contributed by atoms with van der Waals surface area (Å²) in [5.41, 5.74) is 3.44. The summed E-state index contributed by atoms with van der Waals surface area (Å²) in [4.78, 5) is 14.2. The van der Waals surface area contributed by atoms with Crippen molar-refractivity contribution < 1.29 is 4.79 Å². The van der Waals surface area contributed by atoms with Gasteiger partial charge in [0.05, 0.1) is 11.9 Å². The van der Waals surface area contributed by atoms with E-state index in [0.29, 0.717) is 12.2 Å². The molecule has 3 aromatic heterocycles. The third-order valence-electron chi connectivity index (χ3n) is 4.08. The van der Waals surface area contributed by atoms with Crippen molar-refractivity contribution in [2.45, 2.75) is 12.8 Å². The Labute approximate surface area is 140 Å². The normalized spacial score (nSPS) is 11.0. The van der Waals surface area contributed by atoms with Crippen LogP contribution < -0.4 is 0 Å². The minimum absolute atomic E-state index is 0.0471. The Kier molecular flexibility index (Phi) is 4.50. The highest BCUT2D eigenvalue weighted by Gasteiger charge is 2.16. The summed E-state index contributed by atoms with van der Waals surface area (Å²) < 4.78 is 3.77. The van der Waals surface area contributed by atoms with Gasteiger partial charge in [0.2, 0.25) is 0 Å². The lowest BCUT2D eigenvalue weighted by Crippen LogP contribution is -2.28. The molecule has 3 rings (SSSR count). The average molecular weight is 326 g/mol. The number of H-pyrrole nitrogens is 1. The maximum Gasteiger partial charge on any atom is 0.271 e. The predicted molar refractivity (Wildman–Crippen MR) is 91.5 cm³/mol. The van der Waals surface area contributed by atoms with Gasteiger partial charge in [-0.1, -0.05) is 0 Å². The molecule has 24 heavy (non-hydrogen) atoms. The first-order valence-electron chi connectivity index (χ1n) is 7.94. The molecule has 0 spiro atoms. The molecule has 1 N–H and O–H groups in total. The van der Waals surface area contributed by atoms with Gasteiger partial charge in [-0.2, -0.15) is 10.2 Å². The number of carbonyl (C=O) groups excluding carboxylic acids is 1. The van der Waals surface area contributed by atoms with Crippen molar-refractivity contribution >= 4 is 5.91 Å². The fourth-order valence-electron chi connectivity index (χ4n) is 2.72. The number of hydrogen-bond acceptors (Lipinski definition) is 3. The smallest absolute Gasteiger partial charge is 0.271 e. The molecule has 7 heteroatoms. The molecule has 0 saturated carbocycles. The van der Waals surface area contributed by atoms with Gasteiger partial charge in [-0.15, -0.1) is 0 Å². The fraction of sp³-hybridized carbons (Fsp3) is 0.353. The first-order chi connectivity index (χ1) is 11.5. The van der Waals surface area contributed by atoms with Crippen LogP contribution in [0, 0.1) is 0 Å². The molecule has 0 atom stereocenters. The second-order valence-electron chi connectivity index (χ2n) is 6.02. The third-order valence-corrected chi connectivity index (χ3v) is 4.08. The Morgan fingerprint density at radius 1 is 1.38 bits per heavy atom. The molecule has 0 saturated heterocycles. The summed E-state index contributed by atoms with van der Waals surface area (Å²) in [6.07, 6.45) is 7.62. The van der Waals surface area contributed by atoms with Crippen LogP contribution in [-0.2, 0) is 20.5 Å². The summed E-state index contributed by atoms with van der Waals surface area (Å²) in [5.74, 6) is -0.0471. The van der Waals surface area contributed by atoms with Gasteiger partial charge in [0.15, 0.2) is 0 Å². The highest BCUT2D eigenvalue weighted by atomic mass is 16.2. The molecular weight excluding hydrogens is 304 g/mol. The van der Waals surface area contributed by atoms with E-state index in [0.717, 1.165) is 24.2 Å². The van der Waals surface area contributed by atoms with Crippen LogP contribution in [-0.4, -0.2) is 48.9 Å². The van der Waals surface area contributed by atoms with E-state index in [2.05, 4.69) is 15.3 Å². The van der Waals surface area contributed by atoms with E-state index in [1.807, 2.05) is 56.4 Å². The number of rotatable bonds is 6. The molecular formula is C17H22N6O. The van der Waals surface area contributed by atoms with Crippen LogP contribution in [0.25, 0.3) is 11.4 Å². The second-order valence-corrected chi connectivity index (χ2v) is 6.02. The minimum Gasteiger partial charge on any atom is -0.349 e. The minimum atomic E-state index is -0.0471. The first kappa shape index (κ1) is 16.0. The highest BCUT2D eigenvalue weighted by Crippen LogP contribution is 2.18. The third kappa shape index (κ3) is 3.40. The van der Waals surface area contributed by atoms with Crippen LogP contribution in [0.3, 0.4) is 0 Å². The van der Waals surface area contributed by atoms with Crippen molar-refractivity contribution in [2.24, 2.45) is 14.1 Å². The number of aromatic amines is 1. The number of aromatic nitrogens is 5. The first-order valence-corrected chi connectivity index (χ1v) is 7.94. The topological polar surface area (TPSA) is 71.7 Å². The van der Waals surface area contributed by atoms with E-state index < -0.39 is 0 Å². The number of aryl methyl sites for hydroxylation is 3. The second kappa shape index (κ2) is 6.74. The van der Waals surface area contributed by atoms with E-state index in [1.54, 1.807) is 15.6 Å². The van der Waals surface area contributed by atoms with Crippen molar-refractivity contribution in [3.8, 4) is 11.4 Å². The highest BCUT2D eigenvalue weighted by molar-refractivity contribution is 5.93. The number of carbonyl (C=O) groups is 1. The number of amides is 1. The van der Waals surface area contributed by atoms with Crippen molar-refractivity contribution in [3.05, 3.63) is 48.0 Å². The van der Waals surface area contributed by atoms with Crippen LogP contribution in [0.15, 0.2) is 36.8 Å². The summed E-state index contributed by atoms with van der Waals surface area (Å²) in [6.45, 7) is 0.687. The van der Waals surface area contributed by atoms with Gasteiger partial charge in [0, 0.05) is 40.1 Å². The quantitative estimate of drug-likeness (QED) is 0.751. The average Bonchev–Trinajstić information content (AvgIpc) is 3.27. The zero-order chi connectivity index (χ0) is 17.1. The molecule has 0 radical (unpaired) electrons. The molecule has 0 aromatic carbocycles. The molecule has 0 unspecified atom stereocenters. The monoisotopic (exact) mass is 326 g/mol. The van der Waals surface area contributed by atoms with Crippen LogP contribution in [0.4, 0.5) is 0 Å². The van der Waals surface area contributed by atoms with Crippen LogP contribution >= 0.6 is 0 Å². The lowest BCUT2D eigenvalue weighted by molar-refractivity contribution is 0.0788. The van der Waals surface area contributed by atoms with Gasteiger partial charge < -0.3 is 9.47 Å². The Balaban J connectivity index is 1.57. The predicted octanol–water partition coefficient (Wildman–Crippen LogP) is 1.85. The summed E-state index contributed by atoms with van der Waals surface area (Å²) in [6, 6.07) is 5.73. The van der Waals surface area contributed by atoms with Gasteiger partial charge >= 0.3 is 0 Å². The van der Waals surface area contributed by atoms with Gasteiger partial charge in [0.25, 0.3) is 5.91 Å². The van der Waals surface area contributed by atoms with Crippen LogP contribution in [0.5, 0.6) is 0 Å². The maximum atomic E-state index is 12.5. The standard InChI is InChI=1S/C17H22N6O/c1-21-8-5-7-16(21)14-10-15(20-19-14)17(24)22(2)9-4-6-13-11-18-23(3)12-13/h5,7-8,10-12H,4,6,9H2,1-3H3,(H,19,20). The van der Waals surface area contributed by atoms with Gasteiger partial charge in [-0.05, 0) is 36.6 Å². The van der Waals surface area contributed by atoms with E-state index in [-0.39, 0.29) is 5.91 Å².